The van der Waals surface area contributed by atoms with Gasteiger partial charge in [0.05, 0.1) is 24.1 Å². The summed E-state index contributed by atoms with van der Waals surface area (Å²) in [6.45, 7) is 5.80. The van der Waals surface area contributed by atoms with Crippen molar-refractivity contribution in [3.8, 4) is 0 Å². The molecular weight excluding hydrogens is 388 g/mol. The lowest BCUT2D eigenvalue weighted by Crippen LogP contribution is -2.36. The zero-order valence-corrected chi connectivity index (χ0v) is 17.1. The predicted octanol–water partition coefficient (Wildman–Crippen LogP) is 3.60. The van der Waals surface area contributed by atoms with Crippen LogP contribution in [0.3, 0.4) is 0 Å². The van der Waals surface area contributed by atoms with Crippen molar-refractivity contribution in [3.63, 3.8) is 0 Å². The van der Waals surface area contributed by atoms with Gasteiger partial charge in [-0.2, -0.15) is 0 Å². The molecule has 2 amide bonds. The highest BCUT2D eigenvalue weighted by Gasteiger charge is 2.23. The van der Waals surface area contributed by atoms with E-state index in [2.05, 4.69) is 20.5 Å². The Hall–Kier alpha value is -2.97. The lowest BCUT2D eigenvalue weighted by Gasteiger charge is -2.25. The van der Waals surface area contributed by atoms with Crippen molar-refractivity contribution in [1.82, 2.24) is 9.88 Å². The molecule has 0 saturated carbocycles. The number of aryl methyl sites for hydroxylation is 2. The van der Waals surface area contributed by atoms with E-state index < -0.39 is 0 Å². The summed E-state index contributed by atoms with van der Waals surface area (Å²) in [5.41, 5.74) is 4.62. The number of carbonyl (C=O) groups is 2. The molecule has 3 heterocycles. The van der Waals surface area contributed by atoms with Crippen LogP contribution >= 0.6 is 11.3 Å². The van der Waals surface area contributed by atoms with Gasteiger partial charge in [-0.25, -0.2) is 4.98 Å². The number of amides is 2. The number of carbonyl (C=O) groups excluding carboxylic acids is 2. The van der Waals surface area contributed by atoms with Crippen LogP contribution in [0.15, 0.2) is 41.2 Å². The van der Waals surface area contributed by atoms with Crippen molar-refractivity contribution in [3.05, 3.63) is 64.1 Å². The van der Waals surface area contributed by atoms with Gasteiger partial charge >= 0.3 is 0 Å². The summed E-state index contributed by atoms with van der Waals surface area (Å²) in [4.78, 5) is 32.3. The van der Waals surface area contributed by atoms with Crippen LogP contribution in [0.5, 0.6) is 0 Å². The van der Waals surface area contributed by atoms with Gasteiger partial charge in [0.25, 0.3) is 5.91 Å². The van der Waals surface area contributed by atoms with E-state index in [0.29, 0.717) is 23.8 Å². The lowest BCUT2D eigenvalue weighted by atomic mass is 10.1. The lowest BCUT2D eigenvalue weighted by molar-refractivity contribution is -0.117. The first-order chi connectivity index (χ1) is 14.0. The van der Waals surface area contributed by atoms with Gasteiger partial charge in [-0.3, -0.25) is 19.8 Å². The predicted molar refractivity (Wildman–Crippen MR) is 112 cm³/mol. The van der Waals surface area contributed by atoms with Crippen LogP contribution < -0.4 is 10.6 Å². The summed E-state index contributed by atoms with van der Waals surface area (Å²) in [6, 6.07) is 7.53. The number of anilines is 2. The number of hydrogen-bond donors (Lipinski definition) is 2. The maximum absolute atomic E-state index is 12.4. The minimum Gasteiger partial charge on any atom is -0.472 e. The minimum absolute atomic E-state index is 0.0327. The number of furan rings is 1. The third-order valence-electron chi connectivity index (χ3n) is 4.97. The highest BCUT2D eigenvalue weighted by atomic mass is 32.1. The van der Waals surface area contributed by atoms with E-state index in [1.165, 1.54) is 29.4 Å². The molecule has 3 aromatic rings. The van der Waals surface area contributed by atoms with Crippen LogP contribution in [0.1, 0.15) is 32.1 Å². The Balaban J connectivity index is 1.34. The standard InChI is InChI=1S/C21H22N4O3S/c1-13-3-4-16(9-14(13)2)22-19(26)11-25-7-5-17-18(10-25)29-21(23-17)24-20(27)15-6-8-28-12-15/h3-4,6,8-9,12H,5,7,10-11H2,1-2H3,(H,22,26)(H,23,24,27). The highest BCUT2D eigenvalue weighted by molar-refractivity contribution is 7.15. The molecule has 2 aromatic heterocycles. The van der Waals surface area contributed by atoms with Gasteiger partial charge in [-0.05, 0) is 43.2 Å². The molecule has 7 nitrogen and oxygen atoms in total. The second-order valence-electron chi connectivity index (χ2n) is 7.16. The van der Waals surface area contributed by atoms with Gasteiger partial charge in [0.1, 0.15) is 6.26 Å². The normalized spacial score (nSPS) is 13.7. The molecule has 2 N–H and O–H groups in total. The van der Waals surface area contributed by atoms with Crippen molar-refractivity contribution in [2.75, 3.05) is 23.7 Å². The Morgan fingerprint density at radius 2 is 2.07 bits per heavy atom. The number of thiazole rings is 1. The maximum Gasteiger partial charge on any atom is 0.260 e. The minimum atomic E-state index is -0.241. The second kappa shape index (κ2) is 8.18. The van der Waals surface area contributed by atoms with Gasteiger partial charge in [0, 0.05) is 30.1 Å². The van der Waals surface area contributed by atoms with Gasteiger partial charge < -0.3 is 9.73 Å². The van der Waals surface area contributed by atoms with E-state index in [1.54, 1.807) is 6.07 Å². The number of nitrogens with one attached hydrogen (secondary N) is 2. The van der Waals surface area contributed by atoms with Crippen LogP contribution in [0.4, 0.5) is 10.8 Å². The van der Waals surface area contributed by atoms with Crippen molar-refractivity contribution in [2.24, 2.45) is 0 Å². The monoisotopic (exact) mass is 410 g/mol. The molecule has 4 rings (SSSR count). The molecule has 0 fully saturated rings. The summed E-state index contributed by atoms with van der Waals surface area (Å²) >= 11 is 1.45. The molecule has 8 heteroatoms. The number of fused-ring (bicyclic) bond motifs is 1. The van der Waals surface area contributed by atoms with E-state index in [1.807, 2.05) is 32.0 Å². The highest BCUT2D eigenvalue weighted by Crippen LogP contribution is 2.28. The van der Waals surface area contributed by atoms with Crippen LogP contribution in [-0.4, -0.2) is 34.8 Å². The average molecular weight is 410 g/mol. The molecule has 1 aliphatic rings. The zero-order valence-electron chi connectivity index (χ0n) is 16.3. The molecule has 1 aromatic carbocycles. The summed E-state index contributed by atoms with van der Waals surface area (Å²) in [5, 5.41) is 6.35. The van der Waals surface area contributed by atoms with Crippen LogP contribution in [0, 0.1) is 13.8 Å². The summed E-state index contributed by atoms with van der Waals surface area (Å²) < 4.78 is 4.94. The molecule has 1 aliphatic heterocycles. The Kier molecular flexibility index (Phi) is 5.46. The summed E-state index contributed by atoms with van der Waals surface area (Å²) in [7, 11) is 0. The van der Waals surface area contributed by atoms with Gasteiger partial charge in [-0.1, -0.05) is 6.07 Å². The molecule has 29 heavy (non-hydrogen) atoms. The summed E-state index contributed by atoms with van der Waals surface area (Å²) in [6.07, 6.45) is 3.62. The number of nitrogens with zero attached hydrogens (tertiary/aromatic N) is 2. The Labute approximate surface area is 172 Å². The van der Waals surface area contributed by atoms with E-state index >= 15 is 0 Å². The molecule has 0 aliphatic carbocycles. The largest absolute Gasteiger partial charge is 0.472 e. The van der Waals surface area contributed by atoms with E-state index in [9.17, 15) is 9.59 Å². The molecular formula is C21H22N4O3S. The third-order valence-corrected chi connectivity index (χ3v) is 5.97. The Morgan fingerprint density at radius 3 is 2.83 bits per heavy atom. The first-order valence-electron chi connectivity index (χ1n) is 9.39. The van der Waals surface area contributed by atoms with Gasteiger partial charge in [-0.15, -0.1) is 11.3 Å². The topological polar surface area (TPSA) is 87.5 Å². The van der Waals surface area contributed by atoms with E-state index in [-0.39, 0.29) is 11.8 Å². The molecule has 0 saturated heterocycles. The zero-order chi connectivity index (χ0) is 20.4. The number of hydrogen-bond acceptors (Lipinski definition) is 6. The van der Waals surface area contributed by atoms with Crippen molar-refractivity contribution >= 4 is 34.0 Å². The first kappa shape index (κ1) is 19.4. The fourth-order valence-electron chi connectivity index (χ4n) is 3.22. The van der Waals surface area contributed by atoms with Crippen LogP contribution in [-0.2, 0) is 17.8 Å². The number of benzene rings is 1. The molecule has 0 bridgehead atoms. The molecule has 0 unspecified atom stereocenters. The smallest absolute Gasteiger partial charge is 0.260 e. The molecule has 150 valence electrons. The summed E-state index contributed by atoms with van der Waals surface area (Å²) in [5.74, 6) is -0.274. The molecule has 0 spiro atoms. The molecule has 0 radical (unpaired) electrons. The maximum atomic E-state index is 12.4. The Bertz CT molecular complexity index is 1040. The first-order valence-corrected chi connectivity index (χ1v) is 10.2. The van der Waals surface area contributed by atoms with Gasteiger partial charge in [0.15, 0.2) is 5.13 Å². The number of rotatable bonds is 5. The molecule has 0 atom stereocenters. The van der Waals surface area contributed by atoms with Gasteiger partial charge in [0.2, 0.25) is 5.91 Å². The SMILES string of the molecule is Cc1ccc(NC(=O)CN2CCc3nc(NC(=O)c4ccoc4)sc3C2)cc1C. The fraction of sp³-hybridized carbons (Fsp3) is 0.286. The average Bonchev–Trinajstić information content (AvgIpc) is 3.34. The second-order valence-corrected chi connectivity index (χ2v) is 8.25. The third kappa shape index (κ3) is 4.55. The van der Waals surface area contributed by atoms with Crippen LogP contribution in [0.25, 0.3) is 0 Å². The van der Waals surface area contributed by atoms with E-state index in [4.69, 9.17) is 4.42 Å². The quantitative estimate of drug-likeness (QED) is 0.671. The van der Waals surface area contributed by atoms with E-state index in [0.717, 1.165) is 34.8 Å². The Morgan fingerprint density at radius 1 is 1.21 bits per heavy atom. The van der Waals surface area contributed by atoms with Crippen molar-refractivity contribution in [2.45, 2.75) is 26.8 Å². The fourth-order valence-corrected chi connectivity index (χ4v) is 4.27. The van der Waals surface area contributed by atoms with Crippen LogP contribution in [0.2, 0.25) is 0 Å². The van der Waals surface area contributed by atoms with Crippen molar-refractivity contribution in [1.29, 1.82) is 0 Å². The van der Waals surface area contributed by atoms with Crippen molar-refractivity contribution < 1.29 is 14.0 Å². The number of aromatic nitrogens is 1.